The van der Waals surface area contributed by atoms with Crippen LogP contribution in [0.4, 0.5) is 5.69 Å². The highest BCUT2D eigenvalue weighted by Gasteiger charge is 2.26. The normalized spacial score (nSPS) is 14.8. The molecule has 8 heteroatoms. The fourth-order valence-corrected chi connectivity index (χ4v) is 3.55. The van der Waals surface area contributed by atoms with Crippen molar-refractivity contribution < 1.29 is 23.9 Å². The van der Waals surface area contributed by atoms with Crippen LogP contribution in [0.25, 0.3) is 0 Å². The van der Waals surface area contributed by atoms with Crippen molar-refractivity contribution in [3.8, 4) is 11.5 Å². The van der Waals surface area contributed by atoms with E-state index in [1.165, 1.54) is 7.11 Å². The molecule has 0 aliphatic carbocycles. The monoisotopic (exact) mass is 453 g/mol. The number of benzene rings is 2. The Morgan fingerprint density at radius 3 is 2.67 bits per heavy atom. The molecule has 0 bridgehead atoms. The first kappa shape index (κ1) is 24.1. The van der Waals surface area contributed by atoms with Gasteiger partial charge >= 0.3 is 0 Å². The van der Waals surface area contributed by atoms with Gasteiger partial charge in [0, 0.05) is 23.6 Å². The number of amides is 3. The molecule has 3 N–H and O–H groups in total. The maximum Gasteiger partial charge on any atom is 0.269 e. The molecule has 1 aliphatic rings. The molecule has 0 saturated heterocycles. The smallest absolute Gasteiger partial charge is 0.269 e. The standard InChI is InChI=1S/C25H31N3O5/c1-16(2)12-13-33-21-10-8-19(15-22(21)32-3)25(31)28-27-23(29)11-9-18-14-17-6-4-5-7-20(17)26-24(18)30/h4-8,10,15-16,18H,9,11-14H2,1-3H3,(H,26,30)(H,27,29)(H,28,31). The number of fused-ring (bicyclic) bond motifs is 1. The third-order valence-corrected chi connectivity index (χ3v) is 5.53. The first-order valence-electron chi connectivity index (χ1n) is 11.2. The number of rotatable bonds is 9. The minimum atomic E-state index is -0.472. The van der Waals surface area contributed by atoms with Crippen molar-refractivity contribution in [2.75, 3.05) is 19.0 Å². The van der Waals surface area contributed by atoms with E-state index in [1.54, 1.807) is 18.2 Å². The lowest BCUT2D eigenvalue weighted by atomic mass is 9.89. The highest BCUT2D eigenvalue weighted by Crippen LogP contribution is 2.29. The fourth-order valence-electron chi connectivity index (χ4n) is 3.55. The van der Waals surface area contributed by atoms with E-state index in [1.807, 2.05) is 24.3 Å². The predicted molar refractivity (Wildman–Crippen MR) is 125 cm³/mol. The van der Waals surface area contributed by atoms with Crippen LogP contribution in [0, 0.1) is 11.8 Å². The molecule has 3 amide bonds. The number of ether oxygens (including phenoxy) is 2. The summed E-state index contributed by atoms with van der Waals surface area (Å²) in [7, 11) is 1.51. The van der Waals surface area contributed by atoms with E-state index in [0.717, 1.165) is 17.7 Å². The molecule has 0 aromatic heterocycles. The Balaban J connectivity index is 1.47. The van der Waals surface area contributed by atoms with Gasteiger partial charge in [-0.05, 0) is 55.0 Å². The van der Waals surface area contributed by atoms with Crippen molar-refractivity contribution in [1.82, 2.24) is 10.9 Å². The van der Waals surface area contributed by atoms with Crippen LogP contribution in [0.15, 0.2) is 42.5 Å². The maximum atomic E-state index is 12.4. The van der Waals surface area contributed by atoms with Gasteiger partial charge in [0.15, 0.2) is 11.5 Å². The van der Waals surface area contributed by atoms with Crippen LogP contribution in [0.2, 0.25) is 0 Å². The second kappa shape index (κ2) is 11.4. The largest absolute Gasteiger partial charge is 0.493 e. The van der Waals surface area contributed by atoms with Gasteiger partial charge in [-0.3, -0.25) is 25.2 Å². The Morgan fingerprint density at radius 1 is 1.12 bits per heavy atom. The molecule has 0 radical (unpaired) electrons. The summed E-state index contributed by atoms with van der Waals surface area (Å²) in [6, 6.07) is 12.5. The Morgan fingerprint density at radius 2 is 1.91 bits per heavy atom. The van der Waals surface area contributed by atoms with E-state index in [9.17, 15) is 14.4 Å². The van der Waals surface area contributed by atoms with E-state index >= 15 is 0 Å². The van der Waals surface area contributed by atoms with E-state index in [2.05, 4.69) is 30.0 Å². The van der Waals surface area contributed by atoms with E-state index < -0.39 is 5.91 Å². The zero-order valence-electron chi connectivity index (χ0n) is 19.3. The average Bonchev–Trinajstić information content (AvgIpc) is 2.81. The fraction of sp³-hybridized carbons (Fsp3) is 0.400. The Hall–Kier alpha value is -3.55. The molecule has 3 rings (SSSR count). The van der Waals surface area contributed by atoms with Crippen LogP contribution in [0.5, 0.6) is 11.5 Å². The quantitative estimate of drug-likeness (QED) is 0.504. The first-order chi connectivity index (χ1) is 15.9. The molecule has 0 fully saturated rings. The summed E-state index contributed by atoms with van der Waals surface area (Å²) in [6.45, 7) is 4.79. The van der Waals surface area contributed by atoms with E-state index in [0.29, 0.717) is 42.4 Å². The maximum absolute atomic E-state index is 12.4. The summed E-state index contributed by atoms with van der Waals surface area (Å²) in [5.74, 6) is 0.317. The van der Waals surface area contributed by atoms with Gasteiger partial charge in [-0.1, -0.05) is 32.0 Å². The summed E-state index contributed by atoms with van der Waals surface area (Å²) in [4.78, 5) is 36.9. The molecule has 1 unspecified atom stereocenters. The van der Waals surface area contributed by atoms with Gasteiger partial charge in [-0.15, -0.1) is 0 Å². The molecule has 1 atom stereocenters. The van der Waals surface area contributed by atoms with E-state index in [-0.39, 0.29) is 24.2 Å². The number of carbonyl (C=O) groups excluding carboxylic acids is 3. The highest BCUT2D eigenvalue weighted by atomic mass is 16.5. The molecule has 1 aliphatic heterocycles. The minimum absolute atomic E-state index is 0.0895. The molecule has 0 saturated carbocycles. The molecule has 0 spiro atoms. The number of anilines is 1. The van der Waals surface area contributed by atoms with Crippen LogP contribution in [0.3, 0.4) is 0 Å². The lowest BCUT2D eigenvalue weighted by molar-refractivity contribution is -0.123. The lowest BCUT2D eigenvalue weighted by Gasteiger charge is -2.24. The summed E-state index contributed by atoms with van der Waals surface area (Å²) in [5.41, 5.74) is 7.02. The van der Waals surface area contributed by atoms with Gasteiger partial charge in [0.05, 0.1) is 13.7 Å². The second-order valence-corrected chi connectivity index (χ2v) is 8.49. The van der Waals surface area contributed by atoms with Crippen molar-refractivity contribution in [3.63, 3.8) is 0 Å². The van der Waals surface area contributed by atoms with Crippen LogP contribution in [-0.4, -0.2) is 31.4 Å². The van der Waals surface area contributed by atoms with Crippen LogP contribution in [-0.2, 0) is 16.0 Å². The zero-order valence-corrected chi connectivity index (χ0v) is 19.3. The van der Waals surface area contributed by atoms with Gasteiger partial charge in [-0.2, -0.15) is 0 Å². The summed E-state index contributed by atoms with van der Waals surface area (Å²) < 4.78 is 11.1. The number of methoxy groups -OCH3 is 1. The number of hydrogen-bond donors (Lipinski definition) is 3. The number of para-hydroxylation sites is 1. The molecular weight excluding hydrogens is 422 g/mol. The topological polar surface area (TPSA) is 106 Å². The summed E-state index contributed by atoms with van der Waals surface area (Å²) in [5, 5.41) is 2.88. The van der Waals surface area contributed by atoms with Crippen LogP contribution >= 0.6 is 0 Å². The number of nitrogens with one attached hydrogen (secondary N) is 3. The predicted octanol–water partition coefficient (Wildman–Crippen LogP) is 3.47. The number of hydrogen-bond acceptors (Lipinski definition) is 5. The van der Waals surface area contributed by atoms with Crippen LogP contribution in [0.1, 0.15) is 49.0 Å². The number of carbonyl (C=O) groups is 3. The first-order valence-corrected chi connectivity index (χ1v) is 11.2. The zero-order chi connectivity index (χ0) is 23.8. The second-order valence-electron chi connectivity index (χ2n) is 8.49. The van der Waals surface area contributed by atoms with Crippen molar-refractivity contribution in [2.24, 2.45) is 11.8 Å². The third kappa shape index (κ3) is 6.71. The molecule has 8 nitrogen and oxygen atoms in total. The molecule has 176 valence electrons. The molecule has 2 aromatic rings. The SMILES string of the molecule is COc1cc(C(=O)NNC(=O)CCC2Cc3ccccc3NC2=O)ccc1OCCC(C)C. The highest BCUT2D eigenvalue weighted by molar-refractivity contribution is 5.97. The van der Waals surface area contributed by atoms with Gasteiger partial charge in [0.1, 0.15) is 0 Å². The van der Waals surface area contributed by atoms with Gasteiger partial charge < -0.3 is 14.8 Å². The summed E-state index contributed by atoms with van der Waals surface area (Å²) >= 11 is 0. The molecule has 2 aromatic carbocycles. The Labute approximate surface area is 194 Å². The average molecular weight is 454 g/mol. The molecular formula is C25H31N3O5. The van der Waals surface area contributed by atoms with Gasteiger partial charge in [0.2, 0.25) is 11.8 Å². The van der Waals surface area contributed by atoms with Crippen molar-refractivity contribution in [2.45, 2.75) is 39.5 Å². The van der Waals surface area contributed by atoms with Crippen molar-refractivity contribution in [1.29, 1.82) is 0 Å². The summed E-state index contributed by atoms with van der Waals surface area (Å²) in [6.07, 6.45) is 2.00. The van der Waals surface area contributed by atoms with Crippen molar-refractivity contribution >= 4 is 23.4 Å². The Bertz CT molecular complexity index is 1010. The van der Waals surface area contributed by atoms with Crippen LogP contribution < -0.4 is 25.6 Å². The lowest BCUT2D eigenvalue weighted by Crippen LogP contribution is -2.42. The van der Waals surface area contributed by atoms with Gasteiger partial charge in [-0.25, -0.2) is 0 Å². The van der Waals surface area contributed by atoms with Gasteiger partial charge in [0.25, 0.3) is 5.91 Å². The molecule has 33 heavy (non-hydrogen) atoms. The molecule has 1 heterocycles. The van der Waals surface area contributed by atoms with Crippen molar-refractivity contribution in [3.05, 3.63) is 53.6 Å². The number of hydrazine groups is 1. The third-order valence-electron chi connectivity index (χ3n) is 5.53. The minimum Gasteiger partial charge on any atom is -0.493 e. The Kier molecular flexibility index (Phi) is 8.29. The van der Waals surface area contributed by atoms with E-state index in [4.69, 9.17) is 9.47 Å².